The van der Waals surface area contributed by atoms with Crippen molar-refractivity contribution in [2.75, 3.05) is 17.2 Å². The number of halogens is 2. The first-order valence-corrected chi connectivity index (χ1v) is 10.8. The Morgan fingerprint density at radius 2 is 1.56 bits per heavy atom. The van der Waals surface area contributed by atoms with Crippen LogP contribution in [-0.2, 0) is 4.79 Å². The van der Waals surface area contributed by atoms with Crippen LogP contribution in [0.15, 0.2) is 66.7 Å². The summed E-state index contributed by atoms with van der Waals surface area (Å²) in [5.74, 6) is 0.908. The minimum Gasteiger partial charge on any atom is -0.486 e. The molecule has 0 aromatic heterocycles. The van der Waals surface area contributed by atoms with Crippen LogP contribution in [0.2, 0.25) is 10.0 Å². The molecule has 164 valence electrons. The Balaban J connectivity index is 1.28. The lowest BCUT2D eigenvalue weighted by molar-refractivity contribution is -0.116. The summed E-state index contributed by atoms with van der Waals surface area (Å²) in [6, 6.07) is 19.0. The second-order valence-electron chi connectivity index (χ2n) is 7.21. The third-order valence-electron chi connectivity index (χ3n) is 4.89. The highest BCUT2D eigenvalue weighted by Crippen LogP contribution is 2.32. The lowest BCUT2D eigenvalue weighted by Gasteiger charge is -2.26. The summed E-state index contributed by atoms with van der Waals surface area (Å²) in [5.41, 5.74) is 1.36. The molecule has 4 rings (SSSR count). The molecule has 3 aromatic carbocycles. The van der Waals surface area contributed by atoms with E-state index in [1.807, 2.05) is 24.3 Å². The SMILES string of the molecule is O=C(CCC1COc2ccccc2O1)Nc1ccc(C(=O)Nc2c(Cl)cccc2Cl)cc1. The number of nitrogens with one attached hydrogen (secondary N) is 2. The zero-order valence-corrected chi connectivity index (χ0v) is 18.5. The van der Waals surface area contributed by atoms with E-state index in [0.717, 1.165) is 0 Å². The predicted octanol–water partition coefficient (Wildman–Crippen LogP) is 5.80. The summed E-state index contributed by atoms with van der Waals surface area (Å²) < 4.78 is 11.5. The fourth-order valence-corrected chi connectivity index (χ4v) is 3.72. The highest BCUT2D eigenvalue weighted by Gasteiger charge is 2.21. The number of fused-ring (bicyclic) bond motifs is 1. The monoisotopic (exact) mass is 470 g/mol. The van der Waals surface area contributed by atoms with Crippen LogP contribution in [-0.4, -0.2) is 24.5 Å². The van der Waals surface area contributed by atoms with Gasteiger partial charge in [-0.2, -0.15) is 0 Å². The van der Waals surface area contributed by atoms with Crippen molar-refractivity contribution in [1.82, 2.24) is 0 Å². The van der Waals surface area contributed by atoms with Crippen LogP contribution in [0.1, 0.15) is 23.2 Å². The van der Waals surface area contributed by atoms with E-state index >= 15 is 0 Å². The number of rotatable bonds is 6. The van der Waals surface area contributed by atoms with Gasteiger partial charge in [0.25, 0.3) is 5.91 Å². The fourth-order valence-electron chi connectivity index (χ4n) is 3.23. The second kappa shape index (κ2) is 9.94. The van der Waals surface area contributed by atoms with Crippen molar-refractivity contribution >= 4 is 46.4 Å². The lowest BCUT2D eigenvalue weighted by Crippen LogP contribution is -2.30. The van der Waals surface area contributed by atoms with Gasteiger partial charge in [-0.25, -0.2) is 0 Å². The third kappa shape index (κ3) is 5.33. The zero-order valence-electron chi connectivity index (χ0n) is 16.9. The summed E-state index contributed by atoms with van der Waals surface area (Å²) in [6.45, 7) is 0.406. The second-order valence-corrected chi connectivity index (χ2v) is 8.03. The number of carbonyl (C=O) groups excluding carboxylic acids is 2. The molecule has 1 aliphatic rings. The molecule has 0 bridgehead atoms. The number of hydrogen-bond donors (Lipinski definition) is 2. The van der Waals surface area contributed by atoms with Gasteiger partial charge in [0.05, 0.1) is 15.7 Å². The van der Waals surface area contributed by atoms with Crippen LogP contribution in [0.4, 0.5) is 11.4 Å². The molecular formula is C24H20Cl2N2O4. The average molecular weight is 471 g/mol. The number of benzene rings is 3. The Bertz CT molecular complexity index is 1110. The molecule has 1 atom stereocenters. The summed E-state index contributed by atoms with van der Waals surface area (Å²) >= 11 is 12.2. The Morgan fingerprint density at radius 3 is 2.28 bits per heavy atom. The normalized spacial score (nSPS) is 14.5. The maximum atomic E-state index is 12.5. The van der Waals surface area contributed by atoms with Crippen LogP contribution < -0.4 is 20.1 Å². The molecule has 0 saturated carbocycles. The zero-order chi connectivity index (χ0) is 22.5. The molecule has 1 heterocycles. The van der Waals surface area contributed by atoms with Crippen LogP contribution in [0.25, 0.3) is 0 Å². The first-order valence-electron chi connectivity index (χ1n) is 10.0. The van der Waals surface area contributed by atoms with E-state index in [0.29, 0.717) is 51.5 Å². The van der Waals surface area contributed by atoms with Gasteiger partial charge in [0.15, 0.2) is 11.5 Å². The van der Waals surface area contributed by atoms with Crippen molar-refractivity contribution in [2.45, 2.75) is 18.9 Å². The van der Waals surface area contributed by atoms with E-state index in [2.05, 4.69) is 10.6 Å². The number of anilines is 2. The van der Waals surface area contributed by atoms with E-state index in [9.17, 15) is 9.59 Å². The molecule has 0 radical (unpaired) electrons. The molecule has 32 heavy (non-hydrogen) atoms. The van der Waals surface area contributed by atoms with E-state index in [4.69, 9.17) is 32.7 Å². The molecule has 6 nitrogen and oxygen atoms in total. The maximum Gasteiger partial charge on any atom is 0.255 e. The Labute approximate surface area is 195 Å². The summed E-state index contributed by atoms with van der Waals surface area (Å²) in [6.07, 6.45) is 0.626. The van der Waals surface area contributed by atoms with Crippen molar-refractivity contribution in [2.24, 2.45) is 0 Å². The summed E-state index contributed by atoms with van der Waals surface area (Å²) in [7, 11) is 0. The number of carbonyl (C=O) groups is 2. The van der Waals surface area contributed by atoms with Gasteiger partial charge in [0.2, 0.25) is 5.91 Å². The Morgan fingerprint density at radius 1 is 0.875 bits per heavy atom. The van der Waals surface area contributed by atoms with Crippen LogP contribution in [0.3, 0.4) is 0 Å². The molecule has 3 aromatic rings. The van der Waals surface area contributed by atoms with Crippen molar-refractivity contribution in [3.8, 4) is 11.5 Å². The Kier molecular flexibility index (Phi) is 6.83. The number of ether oxygens (including phenoxy) is 2. The molecule has 0 spiro atoms. The third-order valence-corrected chi connectivity index (χ3v) is 5.52. The van der Waals surface area contributed by atoms with Crippen molar-refractivity contribution in [1.29, 1.82) is 0 Å². The minimum absolute atomic E-state index is 0.146. The topological polar surface area (TPSA) is 76.7 Å². The quantitative estimate of drug-likeness (QED) is 0.476. The van der Waals surface area contributed by atoms with E-state index in [1.165, 1.54) is 0 Å². The van der Waals surface area contributed by atoms with E-state index in [-0.39, 0.29) is 24.3 Å². The predicted molar refractivity (Wildman–Crippen MR) is 125 cm³/mol. The van der Waals surface area contributed by atoms with Crippen molar-refractivity contribution < 1.29 is 19.1 Å². The number of para-hydroxylation sites is 3. The molecule has 0 saturated heterocycles. The molecule has 2 N–H and O–H groups in total. The van der Waals surface area contributed by atoms with Gasteiger partial charge in [0, 0.05) is 17.7 Å². The largest absolute Gasteiger partial charge is 0.486 e. The molecule has 0 aliphatic carbocycles. The molecule has 8 heteroatoms. The average Bonchev–Trinajstić information content (AvgIpc) is 2.80. The van der Waals surface area contributed by atoms with Crippen LogP contribution in [0.5, 0.6) is 11.5 Å². The van der Waals surface area contributed by atoms with Gasteiger partial charge in [0.1, 0.15) is 12.7 Å². The summed E-state index contributed by atoms with van der Waals surface area (Å²) in [5, 5.41) is 6.23. The fraction of sp³-hybridized carbons (Fsp3) is 0.167. The van der Waals surface area contributed by atoms with Gasteiger partial charge in [-0.1, -0.05) is 41.4 Å². The van der Waals surface area contributed by atoms with Gasteiger partial charge >= 0.3 is 0 Å². The molecule has 0 fully saturated rings. The van der Waals surface area contributed by atoms with Crippen molar-refractivity contribution in [3.05, 3.63) is 82.3 Å². The molecule has 2 amide bonds. The Hall–Kier alpha value is -3.22. The van der Waals surface area contributed by atoms with E-state index < -0.39 is 0 Å². The first kappa shape index (κ1) is 22.0. The van der Waals surface area contributed by atoms with Crippen LogP contribution >= 0.6 is 23.2 Å². The standard InChI is InChI=1S/C24H20Cl2N2O4/c25-18-4-3-5-19(26)23(18)28-24(30)15-8-10-16(11-9-15)27-22(29)13-12-17-14-31-20-6-1-2-7-21(20)32-17/h1-11,17H,12-14H2,(H,27,29)(H,28,30). The molecular weight excluding hydrogens is 451 g/mol. The first-order chi connectivity index (χ1) is 15.5. The molecule has 1 aliphatic heterocycles. The number of amides is 2. The minimum atomic E-state index is -0.354. The van der Waals surface area contributed by atoms with Gasteiger partial charge in [-0.15, -0.1) is 0 Å². The number of hydrogen-bond acceptors (Lipinski definition) is 4. The lowest BCUT2D eigenvalue weighted by atomic mass is 10.1. The molecule has 1 unspecified atom stereocenters. The van der Waals surface area contributed by atoms with E-state index in [1.54, 1.807) is 42.5 Å². The van der Waals surface area contributed by atoms with Gasteiger partial charge in [-0.3, -0.25) is 9.59 Å². The maximum absolute atomic E-state index is 12.5. The van der Waals surface area contributed by atoms with Gasteiger partial charge < -0.3 is 20.1 Å². The summed E-state index contributed by atoms with van der Waals surface area (Å²) in [4.78, 5) is 24.8. The highest BCUT2D eigenvalue weighted by atomic mass is 35.5. The van der Waals surface area contributed by atoms with Crippen molar-refractivity contribution in [3.63, 3.8) is 0 Å². The smallest absolute Gasteiger partial charge is 0.255 e. The highest BCUT2D eigenvalue weighted by molar-refractivity contribution is 6.40. The van der Waals surface area contributed by atoms with Gasteiger partial charge in [-0.05, 0) is 55.0 Å². The van der Waals surface area contributed by atoms with Crippen LogP contribution in [0, 0.1) is 0 Å².